The Morgan fingerprint density at radius 1 is 1.39 bits per heavy atom. The molecule has 2 bridgehead atoms. The summed E-state index contributed by atoms with van der Waals surface area (Å²) < 4.78 is 5.51. The van der Waals surface area contributed by atoms with Crippen molar-refractivity contribution in [1.82, 2.24) is 4.90 Å². The van der Waals surface area contributed by atoms with Crippen molar-refractivity contribution in [3.63, 3.8) is 0 Å². The number of nitrogens with zero attached hydrogens (tertiary/aromatic N) is 1. The number of hydrogen-bond donors (Lipinski definition) is 0. The van der Waals surface area contributed by atoms with Crippen LogP contribution in [0.15, 0.2) is 30.3 Å². The largest absolute Gasteiger partial charge is 0.374 e. The quantitative estimate of drug-likeness (QED) is 0.831. The van der Waals surface area contributed by atoms with E-state index in [4.69, 9.17) is 4.74 Å². The van der Waals surface area contributed by atoms with Gasteiger partial charge in [-0.15, -0.1) is 11.8 Å². The second kappa shape index (κ2) is 5.33. The van der Waals surface area contributed by atoms with E-state index in [0.717, 1.165) is 25.3 Å². The Hall–Kier alpha value is -1.00. The molecule has 3 nitrogen and oxygen atoms in total. The number of carbonyl (C=O) groups is 1. The number of amides is 1. The molecule has 2 fully saturated rings. The zero-order valence-corrected chi connectivity index (χ0v) is 11.1. The highest BCUT2D eigenvalue weighted by atomic mass is 32.2. The van der Waals surface area contributed by atoms with Gasteiger partial charge in [-0.2, -0.15) is 0 Å². The lowest BCUT2D eigenvalue weighted by molar-refractivity contribution is -0.132. The fourth-order valence-electron chi connectivity index (χ4n) is 2.62. The van der Waals surface area contributed by atoms with Crippen LogP contribution in [0.2, 0.25) is 0 Å². The molecule has 2 heterocycles. The first kappa shape index (κ1) is 12.1. The predicted molar refractivity (Wildman–Crippen MR) is 72.5 cm³/mol. The summed E-state index contributed by atoms with van der Waals surface area (Å²) in [5, 5.41) is 0. The molecule has 1 amide bonds. The first-order valence-corrected chi connectivity index (χ1v) is 7.51. The summed E-state index contributed by atoms with van der Waals surface area (Å²) in [4.78, 5) is 14.1. The standard InChI is InChI=1S/C14H17NO2S/c16-14(15-7-13-6-12(15)8-17-13)10-18-9-11-4-2-1-3-5-11/h1-5,12-13H,6-10H2. The minimum atomic E-state index is 0.270. The summed E-state index contributed by atoms with van der Waals surface area (Å²) in [6, 6.07) is 10.6. The predicted octanol–water partition coefficient (Wildman–Crippen LogP) is 1.92. The first-order valence-electron chi connectivity index (χ1n) is 6.35. The number of benzene rings is 1. The molecule has 0 radical (unpaired) electrons. The number of rotatable bonds is 4. The smallest absolute Gasteiger partial charge is 0.232 e. The van der Waals surface area contributed by atoms with Crippen LogP contribution in [-0.4, -0.2) is 41.9 Å². The molecule has 4 heteroatoms. The molecule has 0 aliphatic carbocycles. The Balaban J connectivity index is 1.45. The van der Waals surface area contributed by atoms with E-state index in [1.165, 1.54) is 5.56 Å². The highest BCUT2D eigenvalue weighted by Crippen LogP contribution is 2.28. The third-order valence-electron chi connectivity index (χ3n) is 3.56. The van der Waals surface area contributed by atoms with Gasteiger partial charge in [-0.3, -0.25) is 4.79 Å². The number of hydrogen-bond acceptors (Lipinski definition) is 3. The molecule has 3 rings (SSSR count). The van der Waals surface area contributed by atoms with Crippen LogP contribution in [0.1, 0.15) is 12.0 Å². The topological polar surface area (TPSA) is 29.5 Å². The molecule has 0 spiro atoms. The maximum absolute atomic E-state index is 12.1. The number of carbonyl (C=O) groups excluding carboxylic acids is 1. The Bertz CT molecular complexity index is 423. The zero-order chi connectivity index (χ0) is 12.4. The van der Waals surface area contributed by atoms with Gasteiger partial charge in [0.25, 0.3) is 0 Å². The van der Waals surface area contributed by atoms with Crippen LogP contribution in [0.25, 0.3) is 0 Å². The molecular weight excluding hydrogens is 246 g/mol. The molecule has 2 saturated heterocycles. The van der Waals surface area contributed by atoms with Crippen LogP contribution in [0.3, 0.4) is 0 Å². The number of morpholine rings is 1. The van der Waals surface area contributed by atoms with Gasteiger partial charge in [0, 0.05) is 12.3 Å². The van der Waals surface area contributed by atoms with Crippen LogP contribution < -0.4 is 0 Å². The average Bonchev–Trinajstić information content (AvgIpc) is 3.02. The van der Waals surface area contributed by atoms with E-state index < -0.39 is 0 Å². The van der Waals surface area contributed by atoms with Gasteiger partial charge in [0.1, 0.15) is 0 Å². The molecule has 1 aromatic rings. The zero-order valence-electron chi connectivity index (χ0n) is 10.2. The second-order valence-corrected chi connectivity index (χ2v) is 5.85. The molecule has 2 atom stereocenters. The summed E-state index contributed by atoms with van der Waals surface area (Å²) in [7, 11) is 0. The van der Waals surface area contributed by atoms with Crippen LogP contribution >= 0.6 is 11.8 Å². The lowest BCUT2D eigenvalue weighted by Crippen LogP contribution is -2.42. The summed E-state index contributed by atoms with van der Waals surface area (Å²) in [6.07, 6.45) is 1.34. The number of fused-ring (bicyclic) bond motifs is 2. The second-order valence-electron chi connectivity index (χ2n) is 4.87. The lowest BCUT2D eigenvalue weighted by Gasteiger charge is -2.26. The Labute approximate surface area is 111 Å². The van der Waals surface area contributed by atoms with Gasteiger partial charge in [-0.25, -0.2) is 0 Å². The lowest BCUT2D eigenvalue weighted by atomic mass is 10.2. The first-order chi connectivity index (χ1) is 8.83. The summed E-state index contributed by atoms with van der Waals surface area (Å²) >= 11 is 1.70. The molecule has 18 heavy (non-hydrogen) atoms. The average molecular weight is 263 g/mol. The van der Waals surface area contributed by atoms with Crippen LogP contribution in [0.5, 0.6) is 0 Å². The third-order valence-corrected chi connectivity index (χ3v) is 4.55. The molecule has 2 aliphatic heterocycles. The fraction of sp³-hybridized carbons (Fsp3) is 0.500. The van der Waals surface area contributed by atoms with E-state index >= 15 is 0 Å². The number of likely N-dealkylation sites (tertiary alicyclic amines) is 1. The Morgan fingerprint density at radius 2 is 2.22 bits per heavy atom. The van der Waals surface area contributed by atoms with Crippen LogP contribution in [0, 0.1) is 0 Å². The Morgan fingerprint density at radius 3 is 2.89 bits per heavy atom. The molecule has 2 aliphatic rings. The van der Waals surface area contributed by atoms with E-state index in [1.54, 1.807) is 11.8 Å². The van der Waals surface area contributed by atoms with Gasteiger partial charge in [0.2, 0.25) is 5.91 Å². The van der Waals surface area contributed by atoms with E-state index in [9.17, 15) is 4.79 Å². The highest BCUT2D eigenvalue weighted by Gasteiger charge is 2.40. The van der Waals surface area contributed by atoms with Gasteiger partial charge in [0.15, 0.2) is 0 Å². The van der Waals surface area contributed by atoms with Crippen molar-refractivity contribution in [2.45, 2.75) is 24.3 Å². The van der Waals surface area contributed by atoms with Crippen LogP contribution in [-0.2, 0) is 15.3 Å². The van der Waals surface area contributed by atoms with Crippen molar-refractivity contribution < 1.29 is 9.53 Å². The normalized spacial score (nSPS) is 25.7. The SMILES string of the molecule is O=C(CSCc1ccccc1)N1CC2CC1CO2. The summed E-state index contributed by atoms with van der Waals surface area (Å²) in [6.45, 7) is 1.54. The number of thioether (sulfide) groups is 1. The molecule has 0 saturated carbocycles. The van der Waals surface area contributed by atoms with Gasteiger partial charge in [-0.05, 0) is 12.0 Å². The van der Waals surface area contributed by atoms with E-state index in [2.05, 4.69) is 12.1 Å². The fourth-order valence-corrected chi connectivity index (χ4v) is 3.49. The molecular formula is C14H17NO2S. The van der Waals surface area contributed by atoms with Crippen LogP contribution in [0.4, 0.5) is 0 Å². The maximum atomic E-state index is 12.1. The van der Waals surface area contributed by atoms with Gasteiger partial charge in [-0.1, -0.05) is 30.3 Å². The molecule has 96 valence electrons. The summed E-state index contributed by atoms with van der Waals surface area (Å²) in [5.74, 6) is 1.76. The summed E-state index contributed by atoms with van der Waals surface area (Å²) in [5.41, 5.74) is 1.28. The highest BCUT2D eigenvalue weighted by molar-refractivity contribution is 7.99. The van der Waals surface area contributed by atoms with Gasteiger partial charge in [0.05, 0.1) is 24.5 Å². The monoisotopic (exact) mass is 263 g/mol. The van der Waals surface area contributed by atoms with E-state index in [-0.39, 0.29) is 5.91 Å². The minimum absolute atomic E-state index is 0.270. The molecule has 0 aromatic heterocycles. The van der Waals surface area contributed by atoms with Crippen molar-refractivity contribution >= 4 is 17.7 Å². The number of ether oxygens (including phenoxy) is 1. The van der Waals surface area contributed by atoms with E-state index in [1.807, 2.05) is 23.1 Å². The molecule has 0 N–H and O–H groups in total. The third kappa shape index (κ3) is 2.54. The van der Waals surface area contributed by atoms with Crippen molar-refractivity contribution in [3.05, 3.63) is 35.9 Å². The van der Waals surface area contributed by atoms with Gasteiger partial charge >= 0.3 is 0 Å². The van der Waals surface area contributed by atoms with E-state index in [0.29, 0.717) is 17.9 Å². The molecule has 2 unspecified atom stereocenters. The van der Waals surface area contributed by atoms with Gasteiger partial charge < -0.3 is 9.64 Å². The van der Waals surface area contributed by atoms with Crippen molar-refractivity contribution in [1.29, 1.82) is 0 Å². The maximum Gasteiger partial charge on any atom is 0.232 e. The van der Waals surface area contributed by atoms with Crippen molar-refractivity contribution in [2.24, 2.45) is 0 Å². The minimum Gasteiger partial charge on any atom is -0.374 e. The Kier molecular flexibility index (Phi) is 3.57. The molecule has 1 aromatic carbocycles. The van der Waals surface area contributed by atoms with Crippen molar-refractivity contribution in [3.8, 4) is 0 Å². The van der Waals surface area contributed by atoms with Crippen molar-refractivity contribution in [2.75, 3.05) is 18.9 Å².